The molecule has 1 heterocycles. The first kappa shape index (κ1) is 28.6. The van der Waals surface area contributed by atoms with Gasteiger partial charge in [-0.3, -0.25) is 0 Å². The molecule has 32 heavy (non-hydrogen) atoms. The molecule has 0 aromatic heterocycles. The predicted octanol–water partition coefficient (Wildman–Crippen LogP) is 9.23. The summed E-state index contributed by atoms with van der Waals surface area (Å²) in [5.74, 6) is 1.92. The van der Waals surface area contributed by atoms with Crippen LogP contribution in [0, 0.1) is 14.1 Å². The Kier molecular flexibility index (Phi) is 11.4. The second kappa shape index (κ2) is 12.7. The molecule has 2 aromatic rings. The zero-order valence-electron chi connectivity index (χ0n) is 21.1. The molecule has 0 spiro atoms. The van der Waals surface area contributed by atoms with Gasteiger partial charge in [-0.15, -0.1) is 6.67 Å². The Labute approximate surface area is 209 Å². The van der Waals surface area contributed by atoms with Gasteiger partial charge in [-0.25, -0.2) is 0 Å². The third-order valence-corrected chi connectivity index (χ3v) is 5.84. The zero-order chi connectivity index (χ0) is 23.3. The van der Waals surface area contributed by atoms with E-state index in [1.54, 1.807) is 0 Å². The first-order valence-electron chi connectivity index (χ1n) is 11.2. The van der Waals surface area contributed by atoms with E-state index in [0.29, 0.717) is 23.7 Å². The molecule has 0 N–H and O–H groups in total. The van der Waals surface area contributed by atoms with E-state index < -0.39 is 0 Å². The molecule has 0 saturated carbocycles. The van der Waals surface area contributed by atoms with Crippen molar-refractivity contribution in [3.63, 3.8) is 0 Å². The van der Waals surface area contributed by atoms with E-state index >= 15 is 0 Å². The maximum atomic E-state index is 4.26. The number of halogens is 1. The molecule has 3 rings (SSSR count). The van der Waals surface area contributed by atoms with Gasteiger partial charge in [0.1, 0.15) is 0 Å². The Bertz CT molecular complexity index is 763. The van der Waals surface area contributed by atoms with Crippen LogP contribution < -0.4 is 9.80 Å². The fourth-order valence-corrected chi connectivity index (χ4v) is 4.24. The number of hydrogen-bond donors (Lipinski definition) is 0. The minimum absolute atomic E-state index is 0. The Balaban J connectivity index is 0.00000166. The Morgan fingerprint density at radius 1 is 0.594 bits per heavy atom. The predicted molar refractivity (Wildman–Crippen MR) is 140 cm³/mol. The van der Waals surface area contributed by atoms with Crippen LogP contribution in [0.15, 0.2) is 48.8 Å². The molecule has 0 fully saturated rings. The normalized spacial score (nSPS) is 13.2. The van der Waals surface area contributed by atoms with Crippen LogP contribution in [0.3, 0.4) is 0 Å². The van der Waals surface area contributed by atoms with Crippen molar-refractivity contribution in [3.8, 4) is 0 Å². The van der Waals surface area contributed by atoms with Gasteiger partial charge in [-0.1, -0.05) is 91.8 Å². The first-order chi connectivity index (χ1) is 14.7. The molecule has 0 atom stereocenters. The van der Waals surface area contributed by atoms with Gasteiger partial charge in [0.25, 0.3) is 0 Å². The molecule has 0 unspecified atom stereocenters. The van der Waals surface area contributed by atoms with Crippen LogP contribution >= 0.6 is 10.2 Å². The third kappa shape index (κ3) is 6.12. The molecule has 1 aliphatic rings. The van der Waals surface area contributed by atoms with Crippen molar-refractivity contribution in [1.82, 2.24) is 0 Å². The molecule has 0 radical (unpaired) electrons. The monoisotopic (exact) mass is 497 g/mol. The first-order valence-corrected chi connectivity index (χ1v) is 12.6. The third-order valence-electron chi connectivity index (χ3n) is 5.84. The van der Waals surface area contributed by atoms with E-state index in [4.69, 9.17) is 0 Å². The van der Waals surface area contributed by atoms with Crippen molar-refractivity contribution in [1.29, 1.82) is 0 Å². The number of nitrogens with zero attached hydrogens (tertiary/aromatic N) is 2. The van der Waals surface area contributed by atoms with Crippen LogP contribution in [0.25, 0.3) is 0 Å². The van der Waals surface area contributed by atoms with E-state index in [2.05, 4.69) is 145 Å². The van der Waals surface area contributed by atoms with Crippen LogP contribution in [0.4, 0.5) is 11.4 Å². The molecule has 4 heteroatoms. The van der Waals surface area contributed by atoms with Crippen LogP contribution in [-0.4, -0.2) is 0 Å². The summed E-state index contributed by atoms with van der Waals surface area (Å²) >= 11 is 3.35. The standard InChI is InChI=1S/C27H37N2.CH3.ClH.Ni/c1-18(2)22-11-9-12-23(19(3)4)26(22)28-15-16-29(17-28)27-24(20(5)6)13-10-14-25(27)21(7)8;;;/h9-21H,1-8H3;1H3;1H;/q2*-1;;+1/p-1. The summed E-state index contributed by atoms with van der Waals surface area (Å²) in [4.78, 5) is 4.65. The number of hydrogen-bond acceptors (Lipinski definition) is 2. The summed E-state index contributed by atoms with van der Waals surface area (Å²) in [6.07, 6.45) is 4.43. The second-order valence-electron chi connectivity index (χ2n) is 9.42. The second-order valence-corrected chi connectivity index (χ2v) is 9.42. The molecule has 1 aliphatic heterocycles. The molecular weight excluding hydrogens is 458 g/mol. The van der Waals surface area contributed by atoms with Crippen molar-refractivity contribution in [3.05, 3.63) is 85.1 Å². The molecule has 2 nitrogen and oxygen atoms in total. The van der Waals surface area contributed by atoms with Gasteiger partial charge in [-0.05, 0) is 58.3 Å². The van der Waals surface area contributed by atoms with Crippen LogP contribution in [0.5, 0.6) is 0 Å². The number of benzene rings is 2. The number of rotatable bonds is 6. The minimum atomic E-state index is 0. The molecule has 181 valence electrons. The summed E-state index contributed by atoms with van der Waals surface area (Å²) in [5, 5.41) is 0. The molecular formula is C28H40ClN2Ni-2. The fourth-order valence-electron chi connectivity index (χ4n) is 4.24. The van der Waals surface area contributed by atoms with Gasteiger partial charge in [0.05, 0.1) is 0 Å². The van der Waals surface area contributed by atoms with Crippen molar-refractivity contribution in [2.75, 3.05) is 9.80 Å². The van der Waals surface area contributed by atoms with Crippen molar-refractivity contribution in [2.24, 2.45) is 0 Å². The molecule has 0 amide bonds. The van der Waals surface area contributed by atoms with E-state index in [1.807, 2.05) is 0 Å². The summed E-state index contributed by atoms with van der Waals surface area (Å²) < 4.78 is 0. The number of para-hydroxylation sites is 2. The van der Waals surface area contributed by atoms with Crippen molar-refractivity contribution < 1.29 is 14.6 Å². The average Bonchev–Trinajstić information content (AvgIpc) is 3.23. The van der Waals surface area contributed by atoms with E-state index in [1.165, 1.54) is 33.6 Å². The number of anilines is 2. The fraction of sp³-hybridized carbons (Fsp3) is 0.429. The molecule has 0 bridgehead atoms. The van der Waals surface area contributed by atoms with Crippen molar-refractivity contribution in [2.45, 2.75) is 79.1 Å². The Morgan fingerprint density at radius 3 is 1.06 bits per heavy atom. The average molecular weight is 499 g/mol. The summed E-state index contributed by atoms with van der Waals surface area (Å²) in [7, 11) is 4.26. The van der Waals surface area contributed by atoms with E-state index in [0.717, 1.165) is 0 Å². The van der Waals surface area contributed by atoms with Crippen LogP contribution in [0.2, 0.25) is 0 Å². The Hall–Kier alpha value is -1.44. The van der Waals surface area contributed by atoms with Gasteiger partial charge < -0.3 is 17.2 Å². The summed E-state index contributed by atoms with van der Waals surface area (Å²) in [6.45, 7) is 20.5. The van der Waals surface area contributed by atoms with Gasteiger partial charge in [-0.2, -0.15) is 0 Å². The van der Waals surface area contributed by atoms with Crippen LogP contribution in [-0.2, 0) is 14.6 Å². The van der Waals surface area contributed by atoms with Gasteiger partial charge >= 0.3 is 24.8 Å². The maximum absolute atomic E-state index is 4.26. The van der Waals surface area contributed by atoms with Crippen molar-refractivity contribution >= 4 is 21.6 Å². The van der Waals surface area contributed by atoms with E-state index in [9.17, 15) is 0 Å². The Morgan fingerprint density at radius 2 is 0.844 bits per heavy atom. The molecule has 2 aromatic carbocycles. The summed E-state index contributed by atoms with van der Waals surface area (Å²) in [6, 6.07) is 13.5. The SMILES string of the molecule is CC(C)c1cccc(C(C)C)c1N1C=CN(c2c(C(C)C)cccc2C(C)C)[CH-]1.[CH3-].[Cl][Ni]. The zero-order valence-corrected chi connectivity index (χ0v) is 22.8. The molecule has 0 saturated heterocycles. The topological polar surface area (TPSA) is 6.48 Å². The van der Waals surface area contributed by atoms with Gasteiger partial charge in [0.2, 0.25) is 0 Å². The quantitative estimate of drug-likeness (QED) is 0.289. The summed E-state index contributed by atoms with van der Waals surface area (Å²) in [5.41, 5.74) is 8.29. The molecule has 0 aliphatic carbocycles. The van der Waals surface area contributed by atoms with E-state index in [-0.39, 0.29) is 7.43 Å². The van der Waals surface area contributed by atoms with Crippen LogP contribution in [0.1, 0.15) is 101 Å². The van der Waals surface area contributed by atoms with Gasteiger partial charge in [0, 0.05) is 11.4 Å². The van der Waals surface area contributed by atoms with Gasteiger partial charge in [0.15, 0.2) is 0 Å².